The third kappa shape index (κ3) is 2.56. The van der Waals surface area contributed by atoms with Gasteiger partial charge in [-0.05, 0) is 62.3 Å². The van der Waals surface area contributed by atoms with Gasteiger partial charge in [-0.15, -0.1) is 0 Å². The van der Waals surface area contributed by atoms with Gasteiger partial charge in [-0.2, -0.15) is 0 Å². The van der Waals surface area contributed by atoms with E-state index in [0.717, 1.165) is 24.8 Å². The lowest BCUT2D eigenvalue weighted by Crippen LogP contribution is -2.10. The fraction of sp³-hybridized carbons (Fsp3) is 0.571. The van der Waals surface area contributed by atoms with E-state index in [9.17, 15) is 0 Å². The van der Waals surface area contributed by atoms with Gasteiger partial charge in [0.25, 0.3) is 0 Å². The summed E-state index contributed by atoms with van der Waals surface area (Å²) in [5, 5.41) is 0. The first kappa shape index (κ1) is 11.5. The van der Waals surface area contributed by atoms with Crippen molar-refractivity contribution in [1.29, 1.82) is 0 Å². The van der Waals surface area contributed by atoms with Crippen LogP contribution in [0.15, 0.2) is 24.3 Å². The molecule has 2 N–H and O–H groups in total. The van der Waals surface area contributed by atoms with Gasteiger partial charge < -0.3 is 10.5 Å². The first-order valence-corrected chi connectivity index (χ1v) is 6.26. The van der Waals surface area contributed by atoms with Crippen LogP contribution < -0.4 is 10.5 Å². The summed E-state index contributed by atoms with van der Waals surface area (Å²) in [5.41, 5.74) is 7.15. The highest BCUT2D eigenvalue weighted by molar-refractivity contribution is 5.31. The molecule has 0 aliphatic heterocycles. The largest absolute Gasteiger partial charge is 0.494 e. The summed E-state index contributed by atoms with van der Waals surface area (Å²) in [6.45, 7) is 3.59. The van der Waals surface area contributed by atoms with Crippen molar-refractivity contribution < 1.29 is 4.74 Å². The second-order valence-electron chi connectivity index (χ2n) is 4.62. The molecule has 1 aliphatic rings. The van der Waals surface area contributed by atoms with E-state index >= 15 is 0 Å². The Hall–Kier alpha value is -1.02. The Morgan fingerprint density at radius 3 is 2.94 bits per heavy atom. The number of benzene rings is 1. The van der Waals surface area contributed by atoms with Gasteiger partial charge in [0.05, 0.1) is 6.61 Å². The van der Waals surface area contributed by atoms with Crippen LogP contribution in [-0.2, 0) is 0 Å². The Kier molecular flexibility index (Phi) is 3.83. The molecule has 2 unspecified atom stereocenters. The monoisotopic (exact) mass is 219 g/mol. The van der Waals surface area contributed by atoms with Gasteiger partial charge in [0.2, 0.25) is 0 Å². The molecule has 0 saturated heterocycles. The molecule has 16 heavy (non-hydrogen) atoms. The van der Waals surface area contributed by atoms with Crippen LogP contribution in [0.2, 0.25) is 0 Å². The first-order valence-electron chi connectivity index (χ1n) is 6.26. The van der Waals surface area contributed by atoms with Crippen LogP contribution in [0.25, 0.3) is 0 Å². The summed E-state index contributed by atoms with van der Waals surface area (Å²) >= 11 is 0. The van der Waals surface area contributed by atoms with E-state index in [0.29, 0.717) is 5.92 Å². The lowest BCUT2D eigenvalue weighted by Gasteiger charge is -2.12. The molecule has 0 spiro atoms. The summed E-state index contributed by atoms with van der Waals surface area (Å²) in [6.07, 6.45) is 3.80. The summed E-state index contributed by atoms with van der Waals surface area (Å²) in [6, 6.07) is 8.53. The Balaban J connectivity index is 2.06. The van der Waals surface area contributed by atoms with Gasteiger partial charge in [0.15, 0.2) is 0 Å². The molecular formula is C14H21NO. The highest BCUT2D eigenvalue weighted by atomic mass is 16.5. The highest BCUT2D eigenvalue weighted by Gasteiger charge is 2.24. The second kappa shape index (κ2) is 5.35. The number of ether oxygens (including phenoxy) is 1. The molecule has 0 radical (unpaired) electrons. The third-order valence-corrected chi connectivity index (χ3v) is 3.52. The fourth-order valence-corrected chi connectivity index (χ4v) is 2.62. The van der Waals surface area contributed by atoms with E-state index < -0.39 is 0 Å². The maximum absolute atomic E-state index is 5.73. The molecular weight excluding hydrogens is 198 g/mol. The molecule has 2 nitrogen and oxygen atoms in total. The van der Waals surface area contributed by atoms with E-state index in [1.54, 1.807) is 0 Å². The van der Waals surface area contributed by atoms with Crippen molar-refractivity contribution in [3.8, 4) is 5.75 Å². The Morgan fingerprint density at radius 1 is 1.38 bits per heavy atom. The van der Waals surface area contributed by atoms with Crippen LogP contribution in [0.3, 0.4) is 0 Å². The van der Waals surface area contributed by atoms with Gasteiger partial charge in [0.1, 0.15) is 5.75 Å². The predicted molar refractivity (Wildman–Crippen MR) is 66.7 cm³/mol. The summed E-state index contributed by atoms with van der Waals surface area (Å²) in [7, 11) is 0. The molecule has 2 atom stereocenters. The van der Waals surface area contributed by atoms with Crippen LogP contribution >= 0.6 is 0 Å². The molecule has 0 heterocycles. The van der Waals surface area contributed by atoms with E-state index in [1.165, 1.54) is 24.8 Å². The molecule has 1 aliphatic carbocycles. The standard InChI is InChI=1S/C14H21NO/c1-2-16-14-5-3-4-12(9-14)13-7-6-11(8-13)10-15/h3-5,9,11,13H,2,6-8,10,15H2,1H3. The van der Waals surface area contributed by atoms with Crippen molar-refractivity contribution in [1.82, 2.24) is 0 Å². The molecule has 1 aromatic rings. The molecule has 1 saturated carbocycles. The highest BCUT2D eigenvalue weighted by Crippen LogP contribution is 2.38. The van der Waals surface area contributed by atoms with E-state index in [1.807, 2.05) is 13.0 Å². The molecule has 0 amide bonds. The zero-order valence-electron chi connectivity index (χ0n) is 9.99. The Labute approximate surface area is 97.8 Å². The number of nitrogens with two attached hydrogens (primary N) is 1. The van der Waals surface area contributed by atoms with Crippen molar-refractivity contribution in [3.63, 3.8) is 0 Å². The van der Waals surface area contributed by atoms with Crippen LogP contribution in [0.1, 0.15) is 37.7 Å². The van der Waals surface area contributed by atoms with Crippen LogP contribution in [0, 0.1) is 5.92 Å². The van der Waals surface area contributed by atoms with E-state index in [-0.39, 0.29) is 0 Å². The summed E-state index contributed by atoms with van der Waals surface area (Å²) < 4.78 is 5.53. The van der Waals surface area contributed by atoms with Crippen molar-refractivity contribution in [2.24, 2.45) is 11.7 Å². The van der Waals surface area contributed by atoms with Gasteiger partial charge in [-0.1, -0.05) is 12.1 Å². The molecule has 1 aromatic carbocycles. The summed E-state index contributed by atoms with van der Waals surface area (Å²) in [4.78, 5) is 0. The van der Waals surface area contributed by atoms with Crippen molar-refractivity contribution >= 4 is 0 Å². The summed E-state index contributed by atoms with van der Waals surface area (Å²) in [5.74, 6) is 2.41. The van der Waals surface area contributed by atoms with Crippen molar-refractivity contribution in [2.75, 3.05) is 13.2 Å². The average Bonchev–Trinajstić information content (AvgIpc) is 2.78. The minimum atomic E-state index is 0.689. The fourth-order valence-electron chi connectivity index (χ4n) is 2.62. The smallest absolute Gasteiger partial charge is 0.119 e. The maximum atomic E-state index is 5.73. The molecule has 0 aromatic heterocycles. The Bertz CT molecular complexity index is 337. The third-order valence-electron chi connectivity index (χ3n) is 3.52. The lowest BCUT2D eigenvalue weighted by atomic mass is 9.96. The normalized spacial score (nSPS) is 24.6. The zero-order valence-corrected chi connectivity index (χ0v) is 9.99. The van der Waals surface area contributed by atoms with Gasteiger partial charge in [0, 0.05) is 0 Å². The number of hydrogen-bond donors (Lipinski definition) is 1. The zero-order chi connectivity index (χ0) is 11.4. The lowest BCUT2D eigenvalue weighted by molar-refractivity contribution is 0.339. The van der Waals surface area contributed by atoms with Crippen LogP contribution in [-0.4, -0.2) is 13.2 Å². The quantitative estimate of drug-likeness (QED) is 0.845. The molecule has 88 valence electrons. The minimum absolute atomic E-state index is 0.689. The minimum Gasteiger partial charge on any atom is -0.494 e. The second-order valence-corrected chi connectivity index (χ2v) is 4.62. The van der Waals surface area contributed by atoms with Crippen molar-refractivity contribution in [3.05, 3.63) is 29.8 Å². The number of rotatable bonds is 4. The Morgan fingerprint density at radius 2 is 2.25 bits per heavy atom. The molecule has 0 bridgehead atoms. The van der Waals surface area contributed by atoms with Crippen molar-refractivity contribution in [2.45, 2.75) is 32.1 Å². The van der Waals surface area contributed by atoms with Crippen LogP contribution in [0.4, 0.5) is 0 Å². The van der Waals surface area contributed by atoms with Crippen LogP contribution in [0.5, 0.6) is 5.75 Å². The topological polar surface area (TPSA) is 35.2 Å². The predicted octanol–water partition coefficient (Wildman–Crippen LogP) is 2.93. The average molecular weight is 219 g/mol. The van der Waals surface area contributed by atoms with Gasteiger partial charge in [-0.3, -0.25) is 0 Å². The SMILES string of the molecule is CCOc1cccc(C2CCC(CN)C2)c1. The van der Waals surface area contributed by atoms with E-state index in [2.05, 4.69) is 18.2 Å². The number of hydrogen-bond acceptors (Lipinski definition) is 2. The molecule has 1 fully saturated rings. The van der Waals surface area contributed by atoms with E-state index in [4.69, 9.17) is 10.5 Å². The molecule has 2 heteroatoms. The molecule has 2 rings (SSSR count). The first-order chi connectivity index (χ1) is 7.83. The van der Waals surface area contributed by atoms with Gasteiger partial charge in [-0.25, -0.2) is 0 Å². The maximum Gasteiger partial charge on any atom is 0.119 e. The van der Waals surface area contributed by atoms with Gasteiger partial charge >= 0.3 is 0 Å².